The Morgan fingerprint density at radius 3 is 2.00 bits per heavy atom. The molecular formula is C18H14N2O5. The molecule has 2 aromatic carbocycles. The summed E-state index contributed by atoms with van der Waals surface area (Å²) >= 11 is 0. The van der Waals surface area contributed by atoms with Gasteiger partial charge in [0.05, 0.1) is 27.9 Å². The summed E-state index contributed by atoms with van der Waals surface area (Å²) in [6, 6.07) is 5.00. The van der Waals surface area contributed by atoms with Gasteiger partial charge in [0, 0.05) is 11.3 Å². The Labute approximate surface area is 142 Å². The molecular weight excluding hydrogens is 324 g/mol. The molecule has 5 N–H and O–H groups in total. The fourth-order valence-electron chi connectivity index (χ4n) is 2.72. The average Bonchev–Trinajstić information content (AvgIpc) is 2.55. The van der Waals surface area contributed by atoms with E-state index in [1.54, 1.807) is 0 Å². The monoisotopic (exact) mass is 338 g/mol. The molecule has 0 aliphatic heterocycles. The van der Waals surface area contributed by atoms with Crippen LogP contribution in [0.1, 0.15) is 38.8 Å². The Kier molecular flexibility index (Phi) is 3.57. The van der Waals surface area contributed by atoms with Crippen molar-refractivity contribution in [2.45, 2.75) is 6.92 Å². The zero-order valence-electron chi connectivity index (χ0n) is 13.2. The van der Waals surface area contributed by atoms with E-state index in [0.717, 1.165) is 12.1 Å². The Morgan fingerprint density at radius 1 is 0.960 bits per heavy atom. The molecule has 126 valence electrons. The third kappa shape index (κ3) is 2.33. The second-order valence-corrected chi connectivity index (χ2v) is 5.70. The van der Waals surface area contributed by atoms with E-state index in [1.807, 2.05) is 0 Å². The van der Waals surface area contributed by atoms with E-state index in [9.17, 15) is 24.6 Å². The Bertz CT molecular complexity index is 991. The molecule has 7 nitrogen and oxygen atoms in total. The summed E-state index contributed by atoms with van der Waals surface area (Å²) in [7, 11) is 0. The van der Waals surface area contributed by atoms with Gasteiger partial charge in [0.1, 0.15) is 11.5 Å². The molecule has 0 unspecified atom stereocenters. The molecule has 1 amide bonds. The van der Waals surface area contributed by atoms with Crippen molar-refractivity contribution in [3.05, 3.63) is 58.7 Å². The first-order valence-corrected chi connectivity index (χ1v) is 7.27. The number of rotatable bonds is 2. The molecule has 0 atom stereocenters. The second-order valence-electron chi connectivity index (χ2n) is 5.70. The number of ketones is 2. The predicted octanol–water partition coefficient (Wildman–Crippen LogP) is 1.97. The first-order chi connectivity index (χ1) is 11.7. The summed E-state index contributed by atoms with van der Waals surface area (Å²) < 4.78 is 0. The van der Waals surface area contributed by atoms with Crippen molar-refractivity contribution in [2.24, 2.45) is 0 Å². The maximum atomic E-state index is 12.9. The third-order valence-corrected chi connectivity index (χ3v) is 3.94. The number of carbonyl (C=O) groups is 3. The minimum Gasteiger partial charge on any atom is -0.507 e. The van der Waals surface area contributed by atoms with Crippen molar-refractivity contribution in [2.75, 3.05) is 11.1 Å². The zero-order chi connectivity index (χ0) is 18.5. The van der Waals surface area contributed by atoms with Crippen molar-refractivity contribution < 1.29 is 24.6 Å². The number of amides is 1. The second kappa shape index (κ2) is 5.48. The SMILES string of the molecule is C=C(C)C(=O)Nc1ccc(N)c2c1C(=O)c1c(O)ccc(O)c1C2=O. The van der Waals surface area contributed by atoms with E-state index in [-0.39, 0.29) is 39.2 Å². The molecule has 7 heteroatoms. The molecule has 0 radical (unpaired) electrons. The zero-order valence-corrected chi connectivity index (χ0v) is 13.2. The topological polar surface area (TPSA) is 130 Å². The van der Waals surface area contributed by atoms with Gasteiger partial charge in [-0.05, 0) is 31.2 Å². The summed E-state index contributed by atoms with van der Waals surface area (Å²) in [5, 5.41) is 22.5. The number of hydrogen-bond acceptors (Lipinski definition) is 6. The van der Waals surface area contributed by atoms with Crippen molar-refractivity contribution in [3.8, 4) is 11.5 Å². The average molecular weight is 338 g/mol. The lowest BCUT2D eigenvalue weighted by atomic mass is 9.81. The van der Waals surface area contributed by atoms with E-state index >= 15 is 0 Å². The summed E-state index contributed by atoms with van der Waals surface area (Å²) in [5.74, 6) is -2.84. The quantitative estimate of drug-likeness (QED) is 0.321. The van der Waals surface area contributed by atoms with Gasteiger partial charge in [-0.25, -0.2) is 0 Å². The van der Waals surface area contributed by atoms with Gasteiger partial charge in [-0.15, -0.1) is 0 Å². The van der Waals surface area contributed by atoms with Gasteiger partial charge in [0.2, 0.25) is 11.6 Å². The highest BCUT2D eigenvalue weighted by atomic mass is 16.3. The maximum absolute atomic E-state index is 12.9. The van der Waals surface area contributed by atoms with Gasteiger partial charge in [0.25, 0.3) is 5.91 Å². The lowest BCUT2D eigenvalue weighted by molar-refractivity contribution is -0.112. The molecule has 2 aromatic rings. The molecule has 0 saturated heterocycles. The van der Waals surface area contributed by atoms with Crippen LogP contribution >= 0.6 is 0 Å². The van der Waals surface area contributed by atoms with E-state index in [2.05, 4.69) is 11.9 Å². The summed E-state index contributed by atoms with van der Waals surface area (Å²) in [6.07, 6.45) is 0. The lowest BCUT2D eigenvalue weighted by Crippen LogP contribution is -2.25. The number of anilines is 2. The predicted molar refractivity (Wildman–Crippen MR) is 90.9 cm³/mol. The Hall–Kier alpha value is -3.61. The summed E-state index contributed by atoms with van der Waals surface area (Å²) in [4.78, 5) is 37.6. The minimum atomic E-state index is -0.720. The highest BCUT2D eigenvalue weighted by Gasteiger charge is 2.37. The van der Waals surface area contributed by atoms with Crippen LogP contribution in [0.3, 0.4) is 0 Å². The smallest absolute Gasteiger partial charge is 0.250 e. The highest BCUT2D eigenvalue weighted by Crippen LogP contribution is 2.41. The van der Waals surface area contributed by atoms with Crippen molar-refractivity contribution in [1.29, 1.82) is 0 Å². The van der Waals surface area contributed by atoms with Crippen LogP contribution in [-0.2, 0) is 4.79 Å². The summed E-state index contributed by atoms with van der Waals surface area (Å²) in [6.45, 7) is 5.01. The van der Waals surface area contributed by atoms with E-state index in [0.29, 0.717) is 0 Å². The molecule has 1 aliphatic rings. The van der Waals surface area contributed by atoms with Gasteiger partial charge in [-0.3, -0.25) is 14.4 Å². The molecule has 3 rings (SSSR count). The van der Waals surface area contributed by atoms with Crippen LogP contribution in [0.4, 0.5) is 11.4 Å². The van der Waals surface area contributed by atoms with Crippen LogP contribution in [-0.4, -0.2) is 27.7 Å². The Balaban J connectivity index is 2.30. The third-order valence-electron chi connectivity index (χ3n) is 3.94. The normalized spacial score (nSPS) is 12.4. The largest absolute Gasteiger partial charge is 0.507 e. The van der Waals surface area contributed by atoms with Gasteiger partial charge in [-0.1, -0.05) is 6.58 Å². The van der Waals surface area contributed by atoms with Crippen LogP contribution in [0.5, 0.6) is 11.5 Å². The molecule has 0 heterocycles. The molecule has 0 fully saturated rings. The first-order valence-electron chi connectivity index (χ1n) is 7.27. The maximum Gasteiger partial charge on any atom is 0.250 e. The fraction of sp³-hybridized carbons (Fsp3) is 0.0556. The van der Waals surface area contributed by atoms with Crippen LogP contribution in [0.15, 0.2) is 36.4 Å². The first kappa shape index (κ1) is 16.3. The van der Waals surface area contributed by atoms with E-state index in [1.165, 1.54) is 19.1 Å². The number of fused-ring (bicyclic) bond motifs is 2. The standard InChI is InChI=1S/C18H14N2O5/c1-7(2)18(25)20-9-4-3-8(19)12-13(9)17(24)15-11(22)6-5-10(21)14(15)16(12)23/h3-6,21-22H,1,19H2,2H3,(H,20,25). The van der Waals surface area contributed by atoms with Crippen molar-refractivity contribution in [3.63, 3.8) is 0 Å². The number of nitrogen functional groups attached to an aromatic ring is 1. The number of benzene rings is 2. The fourth-order valence-corrected chi connectivity index (χ4v) is 2.72. The van der Waals surface area contributed by atoms with Gasteiger partial charge in [0.15, 0.2) is 0 Å². The summed E-state index contributed by atoms with van der Waals surface area (Å²) in [5.41, 5.74) is 5.26. The van der Waals surface area contributed by atoms with Gasteiger partial charge >= 0.3 is 0 Å². The highest BCUT2D eigenvalue weighted by molar-refractivity contribution is 6.33. The van der Waals surface area contributed by atoms with Crippen LogP contribution < -0.4 is 11.1 Å². The lowest BCUT2D eigenvalue weighted by Gasteiger charge is -2.23. The Morgan fingerprint density at radius 2 is 1.48 bits per heavy atom. The van der Waals surface area contributed by atoms with Crippen molar-refractivity contribution >= 4 is 28.8 Å². The van der Waals surface area contributed by atoms with Crippen molar-refractivity contribution in [1.82, 2.24) is 0 Å². The number of nitrogens with one attached hydrogen (secondary N) is 1. The number of hydrogen-bond donors (Lipinski definition) is 4. The van der Waals surface area contributed by atoms with E-state index < -0.39 is 29.0 Å². The van der Waals surface area contributed by atoms with Gasteiger partial charge < -0.3 is 21.3 Å². The molecule has 0 bridgehead atoms. The minimum absolute atomic E-state index is 0.0232. The van der Waals surface area contributed by atoms with Crippen LogP contribution in [0.25, 0.3) is 0 Å². The molecule has 25 heavy (non-hydrogen) atoms. The van der Waals surface area contributed by atoms with Gasteiger partial charge in [-0.2, -0.15) is 0 Å². The van der Waals surface area contributed by atoms with Crippen LogP contribution in [0, 0.1) is 0 Å². The molecule has 0 saturated carbocycles. The number of carbonyl (C=O) groups excluding carboxylic acids is 3. The van der Waals surface area contributed by atoms with Crippen LogP contribution in [0.2, 0.25) is 0 Å². The van der Waals surface area contributed by atoms with E-state index in [4.69, 9.17) is 5.73 Å². The number of phenolic OH excluding ortho intramolecular Hbond substituents is 2. The number of phenols is 2. The molecule has 0 aromatic heterocycles. The molecule has 1 aliphatic carbocycles. The number of nitrogens with two attached hydrogens (primary N) is 1. The molecule has 0 spiro atoms. The number of aromatic hydroxyl groups is 2.